The summed E-state index contributed by atoms with van der Waals surface area (Å²) in [6.07, 6.45) is 2.38. The van der Waals surface area contributed by atoms with Crippen LogP contribution in [0.25, 0.3) is 11.4 Å². The van der Waals surface area contributed by atoms with Crippen LogP contribution < -0.4 is 4.90 Å². The molecule has 41 heavy (non-hydrogen) atoms. The number of ether oxygens (including phenoxy) is 1. The molecule has 0 saturated carbocycles. The van der Waals surface area contributed by atoms with Gasteiger partial charge in [-0.3, -0.25) is 9.59 Å². The van der Waals surface area contributed by atoms with Gasteiger partial charge in [0.15, 0.2) is 0 Å². The number of aromatic amines is 1. The van der Waals surface area contributed by atoms with E-state index in [0.717, 1.165) is 21.4 Å². The first kappa shape index (κ1) is 27.6. The van der Waals surface area contributed by atoms with Crippen LogP contribution in [0.3, 0.4) is 0 Å². The minimum Gasteiger partial charge on any atom is -0.377 e. The van der Waals surface area contributed by atoms with Crippen molar-refractivity contribution in [2.45, 2.75) is 38.3 Å². The van der Waals surface area contributed by atoms with Gasteiger partial charge in [-0.15, -0.1) is 5.10 Å². The van der Waals surface area contributed by atoms with Gasteiger partial charge in [-0.1, -0.05) is 46.6 Å². The van der Waals surface area contributed by atoms with Crippen LogP contribution in [0.5, 0.6) is 0 Å². The van der Waals surface area contributed by atoms with E-state index in [1.54, 1.807) is 32.8 Å². The van der Waals surface area contributed by atoms with E-state index in [-0.39, 0.29) is 24.3 Å². The number of halogens is 2. The lowest BCUT2D eigenvalue weighted by molar-refractivity contribution is -0.120. The van der Waals surface area contributed by atoms with Crippen LogP contribution in [-0.4, -0.2) is 68.0 Å². The van der Waals surface area contributed by atoms with E-state index in [9.17, 15) is 9.59 Å². The van der Waals surface area contributed by atoms with Gasteiger partial charge in [0.05, 0.1) is 25.1 Å². The highest BCUT2D eigenvalue weighted by Crippen LogP contribution is 2.32. The lowest BCUT2D eigenvalue weighted by atomic mass is 10.1. The number of anilines is 1. The van der Waals surface area contributed by atoms with Crippen molar-refractivity contribution in [3.05, 3.63) is 81.3 Å². The molecule has 212 valence electrons. The Morgan fingerprint density at radius 3 is 2.59 bits per heavy atom. The molecule has 0 aliphatic carbocycles. The molecule has 12 heteroatoms. The molecule has 2 aromatic carbocycles. The molecule has 4 aromatic rings. The molecular formula is C29H29BrClN7O3. The average Bonchev–Trinajstić information content (AvgIpc) is 3.72. The molecule has 1 N–H and O–H groups in total. The minimum atomic E-state index is -0.464. The number of nitrogens with zero attached hydrogens (tertiary/aromatic N) is 6. The van der Waals surface area contributed by atoms with Crippen molar-refractivity contribution in [2.75, 3.05) is 31.2 Å². The fourth-order valence-electron chi connectivity index (χ4n) is 5.32. The number of morpholine rings is 1. The Kier molecular flexibility index (Phi) is 7.67. The number of aromatic nitrogens is 5. The number of hydrogen-bond acceptors (Lipinski definition) is 6. The zero-order chi connectivity index (χ0) is 28.7. The van der Waals surface area contributed by atoms with Gasteiger partial charge < -0.3 is 19.5 Å². The quantitative estimate of drug-likeness (QED) is 0.303. The summed E-state index contributed by atoms with van der Waals surface area (Å²) in [6.45, 7) is 5.70. The highest BCUT2D eigenvalue weighted by Gasteiger charge is 2.38. The Bertz CT molecular complexity index is 1570. The molecule has 2 aliphatic heterocycles. The molecule has 0 bridgehead atoms. The first-order valence-electron chi connectivity index (χ1n) is 13.5. The molecule has 2 aromatic heterocycles. The SMILES string of the molecule is CC(C)c1[nH]c(-c2ccc(Cl)cc2)nc1C(=O)N1CCOCC1c1cn(C2CCN(c3ccc(Br)cc3)C2=O)nn1. The van der Waals surface area contributed by atoms with Crippen LogP contribution in [0.15, 0.2) is 59.2 Å². The van der Waals surface area contributed by atoms with Crippen LogP contribution in [0, 0.1) is 0 Å². The highest BCUT2D eigenvalue weighted by atomic mass is 79.9. The largest absolute Gasteiger partial charge is 0.377 e. The maximum Gasteiger partial charge on any atom is 0.275 e. The summed E-state index contributed by atoms with van der Waals surface area (Å²) >= 11 is 9.50. The van der Waals surface area contributed by atoms with Crippen LogP contribution in [0.1, 0.15) is 60.1 Å². The van der Waals surface area contributed by atoms with Crippen molar-refractivity contribution in [3.63, 3.8) is 0 Å². The van der Waals surface area contributed by atoms with Gasteiger partial charge in [-0.05, 0) is 60.9 Å². The normalized spacial score (nSPS) is 19.4. The first-order chi connectivity index (χ1) is 19.8. The maximum absolute atomic E-state index is 14.0. The standard InChI is InChI=1S/C29H29BrClN7O3/c1-17(2)25-26(33-27(32-25)18-3-7-20(31)8-4-18)29(40)37-13-14-41-16-24(37)22-15-38(35-34-22)23-11-12-36(28(23)39)21-9-5-19(30)6-10-21/h3-10,15,17,23-24H,11-14,16H2,1-2H3,(H,32,33). The van der Waals surface area contributed by atoms with Crippen molar-refractivity contribution in [2.24, 2.45) is 0 Å². The number of imidazole rings is 1. The Labute approximate surface area is 250 Å². The fourth-order valence-corrected chi connectivity index (χ4v) is 5.71. The molecule has 2 fully saturated rings. The van der Waals surface area contributed by atoms with Crippen molar-refractivity contribution >= 4 is 45.0 Å². The van der Waals surface area contributed by atoms with Gasteiger partial charge in [0.2, 0.25) is 0 Å². The van der Waals surface area contributed by atoms with Crippen LogP contribution in [-0.2, 0) is 9.53 Å². The van der Waals surface area contributed by atoms with E-state index in [0.29, 0.717) is 48.4 Å². The lowest BCUT2D eigenvalue weighted by Crippen LogP contribution is -2.44. The monoisotopic (exact) mass is 637 g/mol. The Morgan fingerprint density at radius 2 is 1.85 bits per heavy atom. The molecule has 2 saturated heterocycles. The van der Waals surface area contributed by atoms with Gasteiger partial charge >= 0.3 is 0 Å². The first-order valence-corrected chi connectivity index (χ1v) is 14.7. The summed E-state index contributed by atoms with van der Waals surface area (Å²) in [5.74, 6) is 0.417. The predicted octanol–water partition coefficient (Wildman–Crippen LogP) is 5.40. The second-order valence-electron chi connectivity index (χ2n) is 10.5. The number of amides is 2. The van der Waals surface area contributed by atoms with Gasteiger partial charge in [0, 0.05) is 33.8 Å². The number of carbonyl (C=O) groups excluding carboxylic acids is 2. The van der Waals surface area contributed by atoms with Crippen molar-refractivity contribution < 1.29 is 14.3 Å². The minimum absolute atomic E-state index is 0.0376. The smallest absolute Gasteiger partial charge is 0.275 e. The Hall–Kier alpha value is -3.54. The molecule has 0 radical (unpaired) electrons. The van der Waals surface area contributed by atoms with Crippen molar-refractivity contribution in [1.29, 1.82) is 0 Å². The lowest BCUT2D eigenvalue weighted by Gasteiger charge is -2.34. The summed E-state index contributed by atoms with van der Waals surface area (Å²) in [7, 11) is 0. The number of hydrogen-bond donors (Lipinski definition) is 1. The number of H-pyrrole nitrogens is 1. The molecule has 2 aliphatic rings. The molecule has 10 nitrogen and oxygen atoms in total. The fraction of sp³-hybridized carbons (Fsp3) is 0.345. The number of rotatable bonds is 6. The topological polar surface area (TPSA) is 109 Å². The zero-order valence-corrected chi connectivity index (χ0v) is 25.0. The van der Waals surface area contributed by atoms with Crippen LogP contribution in [0.4, 0.5) is 5.69 Å². The molecule has 2 atom stereocenters. The van der Waals surface area contributed by atoms with Crippen LogP contribution >= 0.6 is 27.5 Å². The van der Waals surface area contributed by atoms with Gasteiger partial charge in [0.25, 0.3) is 11.8 Å². The summed E-state index contributed by atoms with van der Waals surface area (Å²) in [5.41, 5.74) is 3.40. The Morgan fingerprint density at radius 1 is 1.10 bits per heavy atom. The third-order valence-corrected chi connectivity index (χ3v) is 8.30. The molecule has 2 amide bonds. The Balaban J connectivity index is 1.25. The molecule has 2 unspecified atom stereocenters. The number of carbonyl (C=O) groups is 2. The van der Waals surface area contributed by atoms with E-state index in [4.69, 9.17) is 21.3 Å². The second-order valence-corrected chi connectivity index (χ2v) is 11.8. The third kappa shape index (κ3) is 5.41. The average molecular weight is 639 g/mol. The van der Waals surface area contributed by atoms with E-state index in [1.807, 2.05) is 50.2 Å². The van der Waals surface area contributed by atoms with Gasteiger partial charge in [-0.2, -0.15) is 0 Å². The summed E-state index contributed by atoms with van der Waals surface area (Å²) < 4.78 is 8.33. The summed E-state index contributed by atoms with van der Waals surface area (Å²) in [4.78, 5) is 38.9. The summed E-state index contributed by atoms with van der Waals surface area (Å²) in [5, 5.41) is 9.34. The van der Waals surface area contributed by atoms with E-state index >= 15 is 0 Å². The zero-order valence-electron chi connectivity index (χ0n) is 22.6. The molecular weight excluding hydrogens is 610 g/mol. The summed E-state index contributed by atoms with van der Waals surface area (Å²) in [6, 6.07) is 14.1. The second kappa shape index (κ2) is 11.4. The molecule has 6 rings (SSSR count). The van der Waals surface area contributed by atoms with E-state index in [2.05, 4.69) is 31.2 Å². The number of benzene rings is 2. The van der Waals surface area contributed by atoms with E-state index in [1.165, 1.54) is 0 Å². The maximum atomic E-state index is 14.0. The highest BCUT2D eigenvalue weighted by molar-refractivity contribution is 9.10. The third-order valence-electron chi connectivity index (χ3n) is 7.52. The van der Waals surface area contributed by atoms with Crippen LogP contribution in [0.2, 0.25) is 5.02 Å². The molecule has 4 heterocycles. The van der Waals surface area contributed by atoms with Crippen molar-refractivity contribution in [3.8, 4) is 11.4 Å². The molecule has 0 spiro atoms. The van der Waals surface area contributed by atoms with Gasteiger partial charge in [-0.25, -0.2) is 9.67 Å². The van der Waals surface area contributed by atoms with E-state index < -0.39 is 12.1 Å². The van der Waals surface area contributed by atoms with Crippen molar-refractivity contribution in [1.82, 2.24) is 29.9 Å². The predicted molar refractivity (Wildman–Crippen MR) is 158 cm³/mol. The van der Waals surface area contributed by atoms with Gasteiger partial charge in [0.1, 0.15) is 29.3 Å². The number of nitrogens with one attached hydrogen (secondary N) is 1.